The molecule has 0 amide bonds. The first-order valence-corrected chi connectivity index (χ1v) is 6.35. The van der Waals surface area contributed by atoms with E-state index in [1.807, 2.05) is 24.5 Å². The zero-order chi connectivity index (χ0) is 12.4. The van der Waals surface area contributed by atoms with Crippen molar-refractivity contribution in [3.63, 3.8) is 0 Å². The number of pyridine rings is 1. The molecule has 1 aliphatic heterocycles. The van der Waals surface area contributed by atoms with Gasteiger partial charge in [-0.15, -0.1) is 0 Å². The van der Waals surface area contributed by atoms with E-state index in [1.165, 1.54) is 23.2 Å². The smallest absolute Gasteiger partial charge is 0.0444 e. The van der Waals surface area contributed by atoms with Gasteiger partial charge in [-0.2, -0.15) is 0 Å². The molecular formula is C15H17N3. The van der Waals surface area contributed by atoms with Gasteiger partial charge in [0.2, 0.25) is 0 Å². The van der Waals surface area contributed by atoms with Gasteiger partial charge >= 0.3 is 0 Å². The number of hydrogen-bond acceptors (Lipinski definition) is 3. The van der Waals surface area contributed by atoms with Crippen LogP contribution in [0.4, 0.5) is 11.4 Å². The Bertz CT molecular complexity index is 537. The fourth-order valence-electron chi connectivity index (χ4n) is 2.54. The molecular weight excluding hydrogens is 222 g/mol. The Morgan fingerprint density at radius 2 is 2.22 bits per heavy atom. The molecule has 2 N–H and O–H groups in total. The van der Waals surface area contributed by atoms with Crippen molar-refractivity contribution in [2.24, 2.45) is 0 Å². The van der Waals surface area contributed by atoms with Crippen LogP contribution in [-0.2, 0) is 13.0 Å². The molecule has 0 radical (unpaired) electrons. The monoisotopic (exact) mass is 239 g/mol. The third-order valence-electron chi connectivity index (χ3n) is 3.42. The predicted octanol–water partition coefficient (Wildman–Crippen LogP) is 2.62. The summed E-state index contributed by atoms with van der Waals surface area (Å²) < 4.78 is 0. The SMILES string of the molecule is Nc1ccc2c(c1)N(Cc1cccnc1)CCC2. The first-order valence-electron chi connectivity index (χ1n) is 6.35. The van der Waals surface area contributed by atoms with E-state index < -0.39 is 0 Å². The molecule has 0 atom stereocenters. The van der Waals surface area contributed by atoms with E-state index in [9.17, 15) is 0 Å². The molecule has 0 aliphatic carbocycles. The Labute approximate surface area is 107 Å². The molecule has 92 valence electrons. The summed E-state index contributed by atoms with van der Waals surface area (Å²) in [5.41, 5.74) is 10.7. The lowest BCUT2D eigenvalue weighted by Gasteiger charge is -2.31. The van der Waals surface area contributed by atoms with Crippen LogP contribution < -0.4 is 10.6 Å². The number of nitrogens with two attached hydrogens (primary N) is 1. The van der Waals surface area contributed by atoms with Gasteiger partial charge in [0, 0.05) is 36.9 Å². The highest BCUT2D eigenvalue weighted by atomic mass is 15.1. The molecule has 0 bridgehead atoms. The normalized spacial score (nSPS) is 14.3. The van der Waals surface area contributed by atoms with Gasteiger partial charge in [0.1, 0.15) is 0 Å². The zero-order valence-corrected chi connectivity index (χ0v) is 10.3. The standard InChI is InChI=1S/C15H17N3/c16-14-6-5-13-4-2-8-18(15(13)9-14)11-12-3-1-7-17-10-12/h1,3,5-7,9-10H,2,4,8,11,16H2. The number of hydrogen-bond donors (Lipinski definition) is 1. The van der Waals surface area contributed by atoms with Crippen LogP contribution in [0, 0.1) is 0 Å². The van der Waals surface area contributed by atoms with Crippen LogP contribution in [0.2, 0.25) is 0 Å². The minimum absolute atomic E-state index is 0.840. The summed E-state index contributed by atoms with van der Waals surface area (Å²) >= 11 is 0. The molecule has 0 saturated heterocycles. The summed E-state index contributed by atoms with van der Waals surface area (Å²) in [5, 5.41) is 0. The second-order valence-corrected chi connectivity index (χ2v) is 4.77. The third kappa shape index (κ3) is 2.16. The van der Waals surface area contributed by atoms with E-state index in [4.69, 9.17) is 5.73 Å². The molecule has 3 nitrogen and oxygen atoms in total. The van der Waals surface area contributed by atoms with Crippen molar-refractivity contribution < 1.29 is 0 Å². The van der Waals surface area contributed by atoms with Crippen LogP contribution in [-0.4, -0.2) is 11.5 Å². The summed E-state index contributed by atoms with van der Waals surface area (Å²) in [7, 11) is 0. The van der Waals surface area contributed by atoms with Gasteiger partial charge in [-0.1, -0.05) is 12.1 Å². The Hall–Kier alpha value is -2.03. The Morgan fingerprint density at radius 1 is 1.28 bits per heavy atom. The van der Waals surface area contributed by atoms with E-state index in [2.05, 4.69) is 28.1 Å². The molecule has 18 heavy (non-hydrogen) atoms. The highest BCUT2D eigenvalue weighted by molar-refractivity contribution is 5.62. The molecule has 3 rings (SSSR count). The minimum Gasteiger partial charge on any atom is -0.399 e. The average Bonchev–Trinajstić information content (AvgIpc) is 2.41. The number of anilines is 2. The van der Waals surface area contributed by atoms with Crippen LogP contribution in [0.15, 0.2) is 42.7 Å². The first-order chi connectivity index (χ1) is 8.83. The number of benzene rings is 1. The lowest BCUT2D eigenvalue weighted by molar-refractivity contribution is 0.690. The molecule has 1 aromatic heterocycles. The maximum atomic E-state index is 5.90. The van der Waals surface area contributed by atoms with E-state index in [0.717, 1.165) is 25.2 Å². The molecule has 0 spiro atoms. The lowest BCUT2D eigenvalue weighted by atomic mass is 10.0. The number of nitrogens with zero attached hydrogens (tertiary/aromatic N) is 2. The molecule has 2 heterocycles. The second-order valence-electron chi connectivity index (χ2n) is 4.77. The van der Waals surface area contributed by atoms with Crippen molar-refractivity contribution >= 4 is 11.4 Å². The third-order valence-corrected chi connectivity index (χ3v) is 3.42. The van der Waals surface area contributed by atoms with Crippen molar-refractivity contribution in [1.29, 1.82) is 0 Å². The largest absolute Gasteiger partial charge is 0.399 e. The van der Waals surface area contributed by atoms with E-state index in [1.54, 1.807) is 0 Å². The van der Waals surface area contributed by atoms with Crippen molar-refractivity contribution in [3.05, 3.63) is 53.9 Å². The van der Waals surface area contributed by atoms with Crippen molar-refractivity contribution in [1.82, 2.24) is 4.98 Å². The summed E-state index contributed by atoms with van der Waals surface area (Å²) in [5.74, 6) is 0. The highest BCUT2D eigenvalue weighted by Crippen LogP contribution is 2.30. The first kappa shape index (κ1) is 11.1. The van der Waals surface area contributed by atoms with E-state index in [-0.39, 0.29) is 0 Å². The van der Waals surface area contributed by atoms with Crippen LogP contribution in [0.1, 0.15) is 17.5 Å². The molecule has 1 aliphatic rings. The maximum Gasteiger partial charge on any atom is 0.0444 e. The Morgan fingerprint density at radius 3 is 3.06 bits per heavy atom. The predicted molar refractivity (Wildman–Crippen MR) is 74.5 cm³/mol. The average molecular weight is 239 g/mol. The molecule has 0 fully saturated rings. The number of rotatable bonds is 2. The molecule has 0 saturated carbocycles. The van der Waals surface area contributed by atoms with Gasteiger partial charge in [-0.3, -0.25) is 4.98 Å². The van der Waals surface area contributed by atoms with Crippen molar-refractivity contribution in [2.45, 2.75) is 19.4 Å². The van der Waals surface area contributed by atoms with E-state index >= 15 is 0 Å². The van der Waals surface area contributed by atoms with Gasteiger partial charge in [0.15, 0.2) is 0 Å². The number of fused-ring (bicyclic) bond motifs is 1. The summed E-state index contributed by atoms with van der Waals surface area (Å²) in [6, 6.07) is 10.3. The zero-order valence-electron chi connectivity index (χ0n) is 10.3. The summed E-state index contributed by atoms with van der Waals surface area (Å²) in [4.78, 5) is 6.57. The van der Waals surface area contributed by atoms with Crippen LogP contribution in [0.25, 0.3) is 0 Å². The second kappa shape index (κ2) is 4.69. The fraction of sp³-hybridized carbons (Fsp3) is 0.267. The van der Waals surface area contributed by atoms with Crippen molar-refractivity contribution in [2.75, 3.05) is 17.2 Å². The topological polar surface area (TPSA) is 42.1 Å². The molecule has 2 aromatic rings. The number of nitrogen functional groups attached to an aromatic ring is 1. The molecule has 0 unspecified atom stereocenters. The van der Waals surface area contributed by atoms with Crippen LogP contribution >= 0.6 is 0 Å². The Kier molecular flexibility index (Phi) is 2.89. The molecule has 3 heteroatoms. The summed E-state index contributed by atoms with van der Waals surface area (Å²) in [6.45, 7) is 2.00. The van der Waals surface area contributed by atoms with E-state index in [0.29, 0.717) is 0 Å². The minimum atomic E-state index is 0.840. The highest BCUT2D eigenvalue weighted by Gasteiger charge is 2.16. The Balaban J connectivity index is 1.89. The lowest BCUT2D eigenvalue weighted by Crippen LogP contribution is -2.28. The molecule has 1 aromatic carbocycles. The van der Waals surface area contributed by atoms with Crippen LogP contribution in [0.3, 0.4) is 0 Å². The number of aryl methyl sites for hydroxylation is 1. The maximum absolute atomic E-state index is 5.90. The van der Waals surface area contributed by atoms with Crippen LogP contribution in [0.5, 0.6) is 0 Å². The number of aromatic nitrogens is 1. The van der Waals surface area contributed by atoms with Gasteiger partial charge in [-0.05, 0) is 42.2 Å². The van der Waals surface area contributed by atoms with Crippen molar-refractivity contribution in [3.8, 4) is 0 Å². The van der Waals surface area contributed by atoms with Gasteiger partial charge in [0.25, 0.3) is 0 Å². The quantitative estimate of drug-likeness (QED) is 0.819. The summed E-state index contributed by atoms with van der Waals surface area (Å²) in [6.07, 6.45) is 6.10. The fourth-order valence-corrected chi connectivity index (χ4v) is 2.54. The van der Waals surface area contributed by atoms with Gasteiger partial charge in [0.05, 0.1) is 0 Å². The van der Waals surface area contributed by atoms with Gasteiger partial charge < -0.3 is 10.6 Å². The van der Waals surface area contributed by atoms with Gasteiger partial charge in [-0.25, -0.2) is 0 Å².